The van der Waals surface area contributed by atoms with Gasteiger partial charge >= 0.3 is 11.9 Å². The number of carbonyl (C=O) groups excluding carboxylic acids is 6. The van der Waals surface area contributed by atoms with Crippen LogP contribution in [0.1, 0.15) is 20.7 Å². The average molecular weight is 466 g/mol. The number of Topliss-reactive ketones (excluding diaryl/α,β-unsaturated/α-hetero) is 4. The van der Waals surface area contributed by atoms with Gasteiger partial charge in [-0.1, -0.05) is 0 Å². The zero-order chi connectivity index (χ0) is 24.6. The van der Waals surface area contributed by atoms with Crippen LogP contribution in [0.4, 0.5) is 0 Å². The number of rotatable bonds is 7. The van der Waals surface area contributed by atoms with E-state index in [1.807, 2.05) is 0 Å². The molecule has 0 radical (unpaired) electrons. The standard InChI is InChI=1S/C24H18O10/c1-31-13-7-3-11(4-8-13)17(25)15-19(27)23(29)33-21(15)22-16(20(28)24(30)34-22)18(26)12-5-9-14(32-2)10-6-12/h3-10,15-16,21-22H,1-2H3/t15-,16-,21-,22+/m1/s1. The Balaban J connectivity index is 1.68. The highest BCUT2D eigenvalue weighted by atomic mass is 16.6. The lowest BCUT2D eigenvalue weighted by Gasteiger charge is -2.24. The van der Waals surface area contributed by atoms with E-state index >= 15 is 0 Å². The van der Waals surface area contributed by atoms with Crippen molar-refractivity contribution in [3.63, 3.8) is 0 Å². The Morgan fingerprint density at radius 2 is 0.941 bits per heavy atom. The predicted octanol–water partition coefficient (Wildman–Crippen LogP) is 0.991. The van der Waals surface area contributed by atoms with Crippen LogP contribution < -0.4 is 9.47 Å². The Hall–Kier alpha value is -4.34. The summed E-state index contributed by atoms with van der Waals surface area (Å²) in [7, 11) is 2.87. The monoisotopic (exact) mass is 466 g/mol. The minimum absolute atomic E-state index is 0.0659. The molecule has 4 rings (SSSR count). The number of hydrogen-bond donors (Lipinski definition) is 0. The van der Waals surface area contributed by atoms with Gasteiger partial charge in [0.05, 0.1) is 14.2 Å². The lowest BCUT2D eigenvalue weighted by molar-refractivity contribution is -0.157. The summed E-state index contributed by atoms with van der Waals surface area (Å²) in [5, 5.41) is 0. The van der Waals surface area contributed by atoms with Gasteiger partial charge in [0.1, 0.15) is 23.3 Å². The molecule has 2 heterocycles. The van der Waals surface area contributed by atoms with E-state index < -0.39 is 59.1 Å². The molecule has 4 atom stereocenters. The lowest BCUT2D eigenvalue weighted by atomic mass is 9.81. The molecule has 2 aromatic carbocycles. The summed E-state index contributed by atoms with van der Waals surface area (Å²) >= 11 is 0. The Morgan fingerprint density at radius 3 is 1.24 bits per heavy atom. The maximum absolute atomic E-state index is 13.1. The van der Waals surface area contributed by atoms with Crippen molar-refractivity contribution in [2.45, 2.75) is 12.2 Å². The molecule has 2 saturated heterocycles. The summed E-state index contributed by atoms with van der Waals surface area (Å²) in [6.45, 7) is 0. The van der Waals surface area contributed by atoms with Crippen molar-refractivity contribution in [1.82, 2.24) is 0 Å². The van der Waals surface area contributed by atoms with E-state index in [2.05, 4.69) is 0 Å². The van der Waals surface area contributed by atoms with E-state index in [-0.39, 0.29) is 11.1 Å². The van der Waals surface area contributed by atoms with E-state index in [0.717, 1.165) is 0 Å². The van der Waals surface area contributed by atoms with Crippen LogP contribution in [0.25, 0.3) is 0 Å². The molecular weight excluding hydrogens is 448 g/mol. The molecule has 0 amide bonds. The molecule has 174 valence electrons. The third kappa shape index (κ3) is 3.83. The number of esters is 2. The number of carbonyl (C=O) groups is 6. The molecule has 10 nitrogen and oxygen atoms in total. The minimum atomic E-state index is -1.70. The fraction of sp³-hybridized carbons (Fsp3) is 0.250. The quantitative estimate of drug-likeness (QED) is 0.251. The van der Waals surface area contributed by atoms with Crippen molar-refractivity contribution in [3.8, 4) is 11.5 Å². The van der Waals surface area contributed by atoms with Crippen LogP contribution in [0.3, 0.4) is 0 Å². The van der Waals surface area contributed by atoms with Gasteiger partial charge in [0.2, 0.25) is 0 Å². The zero-order valence-corrected chi connectivity index (χ0v) is 18.0. The third-order valence-electron chi connectivity index (χ3n) is 5.75. The lowest BCUT2D eigenvalue weighted by Crippen LogP contribution is -2.44. The summed E-state index contributed by atoms with van der Waals surface area (Å²) in [5.74, 6) is -8.99. The zero-order valence-electron chi connectivity index (χ0n) is 18.0. The van der Waals surface area contributed by atoms with Crippen molar-refractivity contribution >= 4 is 35.1 Å². The van der Waals surface area contributed by atoms with E-state index in [4.69, 9.17) is 18.9 Å². The molecule has 2 fully saturated rings. The summed E-state index contributed by atoms with van der Waals surface area (Å²) < 4.78 is 20.2. The van der Waals surface area contributed by atoms with Crippen LogP contribution in [-0.4, -0.2) is 61.5 Å². The molecule has 0 unspecified atom stereocenters. The minimum Gasteiger partial charge on any atom is -0.497 e. The second-order valence-electron chi connectivity index (χ2n) is 7.61. The number of ketones is 4. The van der Waals surface area contributed by atoms with Gasteiger partial charge in [-0.15, -0.1) is 0 Å². The summed E-state index contributed by atoms with van der Waals surface area (Å²) in [5.41, 5.74) is 0.132. The van der Waals surface area contributed by atoms with Crippen molar-refractivity contribution in [2.24, 2.45) is 11.8 Å². The van der Waals surface area contributed by atoms with Gasteiger partial charge in [-0.25, -0.2) is 9.59 Å². The number of cyclic esters (lactones) is 2. The molecule has 34 heavy (non-hydrogen) atoms. The van der Waals surface area contributed by atoms with Gasteiger partial charge in [0, 0.05) is 11.1 Å². The molecule has 2 aliphatic heterocycles. The fourth-order valence-electron chi connectivity index (χ4n) is 3.97. The number of methoxy groups -OCH3 is 2. The van der Waals surface area contributed by atoms with Gasteiger partial charge in [0.25, 0.3) is 11.6 Å². The maximum Gasteiger partial charge on any atom is 0.376 e. The van der Waals surface area contributed by atoms with Crippen molar-refractivity contribution < 1.29 is 47.7 Å². The fourth-order valence-corrected chi connectivity index (χ4v) is 3.97. The van der Waals surface area contributed by atoms with Crippen LogP contribution in [0.2, 0.25) is 0 Å². The Bertz CT molecular complexity index is 1100. The molecule has 0 aliphatic carbocycles. The molecule has 10 heteroatoms. The molecule has 0 saturated carbocycles. The molecule has 0 bridgehead atoms. The first kappa shape index (κ1) is 22.8. The van der Waals surface area contributed by atoms with E-state index in [9.17, 15) is 28.8 Å². The summed E-state index contributed by atoms with van der Waals surface area (Å²) in [4.78, 5) is 75.6. The van der Waals surface area contributed by atoms with Crippen LogP contribution >= 0.6 is 0 Å². The Labute approximate surface area is 192 Å². The topological polar surface area (TPSA) is 139 Å². The van der Waals surface area contributed by atoms with Crippen LogP contribution in [0.15, 0.2) is 48.5 Å². The summed E-state index contributed by atoms with van der Waals surface area (Å²) in [6, 6.07) is 11.5. The average Bonchev–Trinajstić information content (AvgIpc) is 3.32. The maximum atomic E-state index is 13.1. The van der Waals surface area contributed by atoms with E-state index in [0.29, 0.717) is 11.5 Å². The number of benzene rings is 2. The van der Waals surface area contributed by atoms with Crippen LogP contribution in [-0.2, 0) is 28.7 Å². The van der Waals surface area contributed by atoms with Crippen molar-refractivity contribution in [3.05, 3.63) is 59.7 Å². The largest absolute Gasteiger partial charge is 0.497 e. The first-order valence-corrected chi connectivity index (χ1v) is 10.1. The molecule has 0 aromatic heterocycles. The molecular formula is C24H18O10. The SMILES string of the molecule is COc1ccc(C(=O)[C@@H]2C(=O)C(=O)O[C@H]2[C@H]2OC(=O)C(=O)[C@H]2C(=O)c2ccc(OC)cc2)cc1. The highest BCUT2D eigenvalue weighted by Crippen LogP contribution is 2.35. The summed E-state index contributed by atoms with van der Waals surface area (Å²) in [6.07, 6.45) is -3.28. The number of hydrogen-bond acceptors (Lipinski definition) is 10. The molecule has 2 aliphatic rings. The van der Waals surface area contributed by atoms with Gasteiger partial charge in [0.15, 0.2) is 23.8 Å². The van der Waals surface area contributed by atoms with Crippen molar-refractivity contribution in [1.29, 1.82) is 0 Å². The van der Waals surface area contributed by atoms with Crippen LogP contribution in [0.5, 0.6) is 11.5 Å². The third-order valence-corrected chi connectivity index (χ3v) is 5.75. The highest BCUT2D eigenvalue weighted by molar-refractivity contribution is 6.43. The Kier molecular flexibility index (Phi) is 5.97. The van der Waals surface area contributed by atoms with Gasteiger partial charge < -0.3 is 18.9 Å². The first-order valence-electron chi connectivity index (χ1n) is 10.1. The van der Waals surface area contributed by atoms with E-state index in [1.54, 1.807) is 0 Å². The second kappa shape index (κ2) is 8.89. The Morgan fingerprint density at radius 1 is 0.618 bits per heavy atom. The van der Waals surface area contributed by atoms with Gasteiger partial charge in [-0.05, 0) is 48.5 Å². The molecule has 2 aromatic rings. The highest BCUT2D eigenvalue weighted by Gasteiger charge is 2.60. The predicted molar refractivity (Wildman–Crippen MR) is 111 cm³/mol. The number of ether oxygens (including phenoxy) is 4. The first-order chi connectivity index (χ1) is 16.3. The van der Waals surface area contributed by atoms with Gasteiger partial charge in [-0.2, -0.15) is 0 Å². The van der Waals surface area contributed by atoms with Crippen LogP contribution in [0, 0.1) is 11.8 Å². The van der Waals surface area contributed by atoms with Crippen molar-refractivity contribution in [2.75, 3.05) is 14.2 Å². The van der Waals surface area contributed by atoms with E-state index in [1.165, 1.54) is 62.8 Å². The molecule has 0 spiro atoms. The smallest absolute Gasteiger partial charge is 0.376 e. The molecule has 0 N–H and O–H groups in total. The second-order valence-corrected chi connectivity index (χ2v) is 7.61. The van der Waals surface area contributed by atoms with Gasteiger partial charge in [-0.3, -0.25) is 19.2 Å². The normalized spacial score (nSPS) is 23.9.